The average molecular weight is 301 g/mol. The first-order valence-electron chi connectivity index (χ1n) is 5.65. The highest BCUT2D eigenvalue weighted by molar-refractivity contribution is 9.09. The molecule has 0 spiro atoms. The molecule has 0 aliphatic heterocycles. The fourth-order valence-electron chi connectivity index (χ4n) is 1.49. The number of carbonyl (C=O) groups is 1. The van der Waals surface area contributed by atoms with Crippen molar-refractivity contribution in [1.29, 1.82) is 0 Å². The summed E-state index contributed by atoms with van der Waals surface area (Å²) in [6, 6.07) is 2.92. The Morgan fingerprint density at radius 2 is 2.12 bits per heavy atom. The molecule has 0 aliphatic rings. The Bertz CT molecular complexity index is 397. The van der Waals surface area contributed by atoms with Crippen LogP contribution in [0.15, 0.2) is 23.1 Å². The van der Waals surface area contributed by atoms with Gasteiger partial charge in [-0.05, 0) is 18.9 Å². The molecule has 94 valence electrons. The number of nitrogens with one attached hydrogen (secondary N) is 1. The average Bonchev–Trinajstić information content (AvgIpc) is 2.34. The van der Waals surface area contributed by atoms with Crippen molar-refractivity contribution in [1.82, 2.24) is 9.88 Å². The Hall–Kier alpha value is -1.10. The number of carbonyl (C=O) groups excluding carboxylic acids is 1. The van der Waals surface area contributed by atoms with Crippen molar-refractivity contribution >= 4 is 21.8 Å². The summed E-state index contributed by atoms with van der Waals surface area (Å²) in [6.45, 7) is 0.741. The second kappa shape index (κ2) is 7.27. The number of unbranched alkanes of at least 4 members (excludes halogenated alkanes) is 2. The molecule has 1 rings (SSSR count). The summed E-state index contributed by atoms with van der Waals surface area (Å²) in [7, 11) is 1.78. The lowest BCUT2D eigenvalue weighted by Crippen LogP contribution is -2.28. The van der Waals surface area contributed by atoms with Crippen LogP contribution >= 0.6 is 15.9 Å². The van der Waals surface area contributed by atoms with Gasteiger partial charge in [0.25, 0.3) is 5.91 Å². The number of H-pyrrole nitrogens is 1. The Morgan fingerprint density at radius 1 is 1.35 bits per heavy atom. The molecule has 4 nitrogen and oxygen atoms in total. The van der Waals surface area contributed by atoms with Gasteiger partial charge in [0.2, 0.25) is 5.56 Å². The summed E-state index contributed by atoms with van der Waals surface area (Å²) in [4.78, 5) is 27.0. The lowest BCUT2D eigenvalue weighted by molar-refractivity contribution is 0.0792. The van der Waals surface area contributed by atoms with Gasteiger partial charge in [0.1, 0.15) is 0 Å². The molecule has 1 heterocycles. The minimum atomic E-state index is -0.193. The number of aromatic amines is 1. The first-order chi connectivity index (χ1) is 8.15. The third kappa shape index (κ3) is 4.73. The minimum Gasteiger partial charge on any atom is -0.342 e. The van der Waals surface area contributed by atoms with Crippen LogP contribution in [0.3, 0.4) is 0 Å². The van der Waals surface area contributed by atoms with Crippen molar-refractivity contribution in [3.8, 4) is 0 Å². The van der Waals surface area contributed by atoms with Gasteiger partial charge in [-0.3, -0.25) is 9.59 Å². The monoisotopic (exact) mass is 300 g/mol. The highest BCUT2D eigenvalue weighted by Crippen LogP contribution is 2.04. The fraction of sp³-hybridized carbons (Fsp3) is 0.500. The largest absolute Gasteiger partial charge is 0.342 e. The van der Waals surface area contributed by atoms with E-state index < -0.39 is 0 Å². The van der Waals surface area contributed by atoms with Gasteiger partial charge < -0.3 is 9.88 Å². The first kappa shape index (κ1) is 14.0. The molecule has 0 unspecified atom stereocenters. The van der Waals surface area contributed by atoms with Gasteiger partial charge in [0.05, 0.1) is 5.56 Å². The van der Waals surface area contributed by atoms with E-state index in [2.05, 4.69) is 20.9 Å². The number of rotatable bonds is 6. The zero-order chi connectivity index (χ0) is 12.7. The molecule has 0 saturated carbocycles. The van der Waals surface area contributed by atoms with Crippen LogP contribution in [-0.4, -0.2) is 34.7 Å². The zero-order valence-electron chi connectivity index (χ0n) is 9.91. The molecule has 0 radical (unpaired) electrons. The summed E-state index contributed by atoms with van der Waals surface area (Å²) in [5.74, 6) is -0.0555. The standard InChI is InChI=1S/C12H17BrN2O2/c1-15(8-4-2-3-7-13)12(17)10-5-6-11(16)14-9-10/h5-6,9H,2-4,7-8H2,1H3,(H,14,16). The number of alkyl halides is 1. The van der Waals surface area contributed by atoms with Crippen molar-refractivity contribution < 1.29 is 4.79 Å². The maximum atomic E-state index is 11.9. The van der Waals surface area contributed by atoms with E-state index in [1.807, 2.05) is 0 Å². The van der Waals surface area contributed by atoms with Crippen LogP contribution in [0.2, 0.25) is 0 Å². The summed E-state index contributed by atoms with van der Waals surface area (Å²) >= 11 is 3.37. The molecule has 0 atom stereocenters. The molecule has 0 aliphatic carbocycles. The molecule has 0 fully saturated rings. The van der Waals surface area contributed by atoms with E-state index in [0.717, 1.165) is 31.1 Å². The Morgan fingerprint density at radius 3 is 2.71 bits per heavy atom. The molecule has 17 heavy (non-hydrogen) atoms. The van der Waals surface area contributed by atoms with Gasteiger partial charge in [-0.2, -0.15) is 0 Å². The van der Waals surface area contributed by atoms with Crippen molar-refractivity contribution in [2.45, 2.75) is 19.3 Å². The smallest absolute Gasteiger partial charge is 0.255 e. The molecule has 1 aromatic rings. The number of pyridine rings is 1. The molecular weight excluding hydrogens is 284 g/mol. The third-order valence-corrected chi connectivity index (χ3v) is 3.07. The topological polar surface area (TPSA) is 53.2 Å². The maximum Gasteiger partial charge on any atom is 0.255 e. The molecule has 0 bridgehead atoms. The Labute approximate surface area is 109 Å². The SMILES string of the molecule is CN(CCCCCBr)C(=O)c1ccc(=O)[nH]c1. The van der Waals surface area contributed by atoms with Crippen LogP contribution in [0.25, 0.3) is 0 Å². The quantitative estimate of drug-likeness (QED) is 0.645. The maximum absolute atomic E-state index is 11.9. The Balaban J connectivity index is 2.46. The fourth-order valence-corrected chi connectivity index (χ4v) is 1.88. The van der Waals surface area contributed by atoms with E-state index in [1.165, 1.54) is 12.3 Å². The summed E-state index contributed by atoms with van der Waals surface area (Å²) in [5, 5.41) is 1.00. The summed E-state index contributed by atoms with van der Waals surface area (Å²) in [6.07, 6.45) is 4.69. The van der Waals surface area contributed by atoms with Gasteiger partial charge in [0.15, 0.2) is 0 Å². The predicted octanol–water partition coefficient (Wildman–Crippen LogP) is 2.01. The lowest BCUT2D eigenvalue weighted by Gasteiger charge is -2.16. The molecule has 0 saturated heterocycles. The minimum absolute atomic E-state index is 0.0555. The van der Waals surface area contributed by atoms with Gasteiger partial charge >= 0.3 is 0 Å². The first-order valence-corrected chi connectivity index (χ1v) is 6.77. The van der Waals surface area contributed by atoms with E-state index in [-0.39, 0.29) is 11.5 Å². The van der Waals surface area contributed by atoms with Crippen LogP contribution in [0.4, 0.5) is 0 Å². The number of halogens is 1. The zero-order valence-corrected chi connectivity index (χ0v) is 11.5. The summed E-state index contributed by atoms with van der Waals surface area (Å²) < 4.78 is 0. The van der Waals surface area contributed by atoms with E-state index in [0.29, 0.717) is 5.56 Å². The summed E-state index contributed by atoms with van der Waals surface area (Å²) in [5.41, 5.74) is 0.328. The normalized spacial score (nSPS) is 10.2. The van der Waals surface area contributed by atoms with E-state index in [1.54, 1.807) is 18.0 Å². The van der Waals surface area contributed by atoms with E-state index in [9.17, 15) is 9.59 Å². The Kier molecular flexibility index (Phi) is 5.97. The highest BCUT2D eigenvalue weighted by Gasteiger charge is 2.10. The van der Waals surface area contributed by atoms with Gasteiger partial charge in [-0.25, -0.2) is 0 Å². The second-order valence-electron chi connectivity index (χ2n) is 3.92. The number of nitrogens with zero attached hydrogens (tertiary/aromatic N) is 1. The molecule has 1 aromatic heterocycles. The highest BCUT2D eigenvalue weighted by atomic mass is 79.9. The van der Waals surface area contributed by atoms with Gasteiger partial charge in [0, 0.05) is 31.2 Å². The molecule has 1 N–H and O–H groups in total. The third-order valence-electron chi connectivity index (χ3n) is 2.50. The second-order valence-corrected chi connectivity index (χ2v) is 4.71. The van der Waals surface area contributed by atoms with Crippen LogP contribution in [0.5, 0.6) is 0 Å². The number of amides is 1. The number of hydrogen-bond acceptors (Lipinski definition) is 2. The van der Waals surface area contributed by atoms with Crippen molar-refractivity contribution in [3.05, 3.63) is 34.2 Å². The van der Waals surface area contributed by atoms with Crippen LogP contribution in [-0.2, 0) is 0 Å². The molecular formula is C12H17BrN2O2. The van der Waals surface area contributed by atoms with Crippen molar-refractivity contribution in [2.75, 3.05) is 18.9 Å². The van der Waals surface area contributed by atoms with Crippen molar-refractivity contribution in [3.63, 3.8) is 0 Å². The number of hydrogen-bond donors (Lipinski definition) is 1. The number of aromatic nitrogens is 1. The van der Waals surface area contributed by atoms with E-state index >= 15 is 0 Å². The molecule has 0 aromatic carbocycles. The van der Waals surface area contributed by atoms with Crippen LogP contribution in [0, 0.1) is 0 Å². The van der Waals surface area contributed by atoms with Crippen molar-refractivity contribution in [2.24, 2.45) is 0 Å². The van der Waals surface area contributed by atoms with Crippen LogP contribution < -0.4 is 5.56 Å². The molecule has 5 heteroatoms. The van der Waals surface area contributed by atoms with Gasteiger partial charge in [-0.15, -0.1) is 0 Å². The van der Waals surface area contributed by atoms with Gasteiger partial charge in [-0.1, -0.05) is 22.4 Å². The lowest BCUT2D eigenvalue weighted by atomic mass is 10.2. The van der Waals surface area contributed by atoms with E-state index in [4.69, 9.17) is 0 Å². The predicted molar refractivity (Wildman–Crippen MR) is 71.7 cm³/mol. The van der Waals surface area contributed by atoms with Crippen LogP contribution in [0.1, 0.15) is 29.6 Å². The molecule has 1 amide bonds.